The van der Waals surface area contributed by atoms with E-state index in [0.717, 1.165) is 68.3 Å². The van der Waals surface area contributed by atoms with E-state index in [-0.39, 0.29) is 83.7 Å². The number of fused-ring (bicyclic) bond motifs is 2. The number of ether oxygens (including phenoxy) is 3. The molecule has 14 rings (SSSR count). The molecule has 4 saturated carbocycles. The summed E-state index contributed by atoms with van der Waals surface area (Å²) in [6.45, 7) is 10.8. The molecule has 642 valence electrons. The SMILES string of the molecule is Cc1c(-c2ccc(N3CCc4cccc(C(=O)Nc5nc6ccccc6s5)c4C3)nc2C(=O)O)cnn1CC12CC3(C)CC(C)(C1)CC(OCCN(CCS(=O)(=O)O)C(=O)OCc1ccc(NC(=O)[C@H](C)NC(=O)[C@@H](NC(=O)C[C@@H](c4cn(CCCS(=O)(=O)O)nn4)N4C(=O)C=CC4=O)C(C)C)cc1CC[C@@H]1O[C@H](C(=O)O)[C@@H](O)[C@H](O)[C@H]1O)(C3)C2. The minimum atomic E-state index is -4.67. The summed E-state index contributed by atoms with van der Waals surface area (Å²) < 4.78 is 89.1. The van der Waals surface area contributed by atoms with Gasteiger partial charge in [-0.3, -0.25) is 57.5 Å². The number of anilines is 3. The number of aliphatic hydroxyl groups is 3. The number of thiazole rings is 1. The third kappa shape index (κ3) is 19.9. The van der Waals surface area contributed by atoms with Gasteiger partial charge in [-0.25, -0.2) is 24.4 Å². The van der Waals surface area contributed by atoms with Crippen LogP contribution in [0.4, 0.5) is 21.4 Å². The van der Waals surface area contributed by atoms with E-state index >= 15 is 0 Å². The number of benzene rings is 3. The van der Waals surface area contributed by atoms with E-state index in [0.29, 0.717) is 78.5 Å². The third-order valence-electron chi connectivity index (χ3n) is 23.3. The standard InChI is InChI=1S/C80H96N14O23S3/c1-44(2)64(86-61(95)32-57(94-62(96)21-22-63(94)97)56-35-92(89-88-56)24-10-29-119(109,110)111)72(103)82-45(3)70(101)83-50-17-15-49(48(31-50)16-19-58-66(98)67(99)68(100)69(117-58)74(106)107)36-115-76(108)90(27-30-120(112,113)114)26-28-116-80-40-77(5)37-78(6,41-80)39-79(38-77,42-80)43-93-46(4)53(33-81-93)51-18-20-60(85-65(51)73(104)105)91-25-23-47-11-9-12-52(54(47)34-91)71(102)87-75-84-55-13-7-8-14-59(55)118-75/h7-9,11-15,17-18,20-22,31,33,35,44-45,57-58,64,66-69,98-100H,10,16,19,23-30,32,34,36-43H2,1-6H3,(H,82,103)(H,83,101)(H,86,95)(H,104,105)(H,106,107)(H,84,87,102)(H,109,110,111)(H,112,113,114)/t45-,57-,58-,64-,66-,67+,68-,69-,77?,78?,79?,80?/m0/s1. The largest absolute Gasteiger partial charge is 0.479 e. The summed E-state index contributed by atoms with van der Waals surface area (Å²) in [6.07, 6.45) is -1.20. The van der Waals surface area contributed by atoms with Crippen LogP contribution in [0.3, 0.4) is 0 Å². The Labute approximate surface area is 693 Å². The van der Waals surface area contributed by atoms with E-state index in [4.69, 9.17) is 24.3 Å². The highest BCUT2D eigenvalue weighted by atomic mass is 32.2. The predicted molar refractivity (Wildman–Crippen MR) is 431 cm³/mol. The van der Waals surface area contributed by atoms with Gasteiger partial charge in [0.05, 0.1) is 64.9 Å². The highest BCUT2D eigenvalue weighted by molar-refractivity contribution is 7.86. The number of nitrogens with one attached hydrogen (secondary N) is 4. The number of aromatic nitrogens is 7. The Morgan fingerprint density at radius 2 is 1.51 bits per heavy atom. The molecule has 7 amide bonds. The molecule has 7 aliphatic rings. The second-order valence-corrected chi connectivity index (χ2v) is 37.5. The molecule has 10 atom stereocenters. The monoisotopic (exact) mass is 1720 g/mol. The lowest BCUT2D eigenvalue weighted by Gasteiger charge is -2.69. The molecular formula is C80H96N14O23S3. The predicted octanol–water partition coefficient (Wildman–Crippen LogP) is 5.42. The summed E-state index contributed by atoms with van der Waals surface area (Å²) in [5, 5.41) is 77.1. The summed E-state index contributed by atoms with van der Waals surface area (Å²) >= 11 is 1.38. The Balaban J connectivity index is 0.669. The van der Waals surface area contributed by atoms with E-state index in [9.17, 15) is 94.6 Å². The fraction of sp³-hybridized carbons (Fsp3) is 0.500. The third-order valence-corrected chi connectivity index (χ3v) is 25.8. The molecule has 3 aliphatic heterocycles. The van der Waals surface area contributed by atoms with Crippen molar-refractivity contribution in [1.82, 2.24) is 55.2 Å². The zero-order chi connectivity index (χ0) is 86.3. The topological polar surface area (TPSA) is 523 Å². The van der Waals surface area contributed by atoms with Crippen molar-refractivity contribution >= 4 is 112 Å². The van der Waals surface area contributed by atoms with Gasteiger partial charge in [0, 0.05) is 79.5 Å². The summed E-state index contributed by atoms with van der Waals surface area (Å²) in [7, 11) is -8.98. The van der Waals surface area contributed by atoms with Crippen LogP contribution in [0.15, 0.2) is 97.3 Å². The van der Waals surface area contributed by atoms with Gasteiger partial charge < -0.3 is 65.5 Å². The first-order chi connectivity index (χ1) is 56.6. The molecule has 4 aromatic heterocycles. The minimum absolute atomic E-state index is 0.0350. The number of rotatable bonds is 34. The Morgan fingerprint density at radius 3 is 2.20 bits per heavy atom. The van der Waals surface area contributed by atoms with Crippen molar-refractivity contribution < 1.29 is 109 Å². The molecule has 0 radical (unpaired) electrons. The lowest BCUT2D eigenvalue weighted by molar-refractivity contribution is -0.248. The van der Waals surface area contributed by atoms with E-state index in [2.05, 4.69) is 50.4 Å². The molecule has 7 aromatic rings. The van der Waals surface area contributed by atoms with Crippen molar-refractivity contribution in [1.29, 1.82) is 0 Å². The molecular weight excluding hydrogens is 1620 g/mol. The van der Waals surface area contributed by atoms with E-state index in [1.54, 1.807) is 38.2 Å². The molecule has 4 bridgehead atoms. The molecule has 11 N–H and O–H groups in total. The maximum atomic E-state index is 14.4. The lowest BCUT2D eigenvalue weighted by Crippen LogP contribution is -2.64. The normalized spacial score (nSPS) is 24.0. The first-order valence-corrected chi connectivity index (χ1v) is 43.3. The number of carbonyl (C=O) groups excluding carboxylic acids is 7. The second-order valence-electron chi connectivity index (χ2n) is 33.4. The van der Waals surface area contributed by atoms with Crippen LogP contribution in [0.2, 0.25) is 0 Å². The Kier molecular flexibility index (Phi) is 25.4. The van der Waals surface area contributed by atoms with Gasteiger partial charge in [0.1, 0.15) is 48.5 Å². The van der Waals surface area contributed by atoms with Crippen molar-refractivity contribution in [2.45, 2.75) is 193 Å². The van der Waals surface area contributed by atoms with Gasteiger partial charge in [-0.15, -0.1) is 5.10 Å². The molecule has 3 aromatic carbocycles. The van der Waals surface area contributed by atoms with Gasteiger partial charge in [0.15, 0.2) is 16.9 Å². The molecule has 1 saturated heterocycles. The zero-order valence-electron chi connectivity index (χ0n) is 66.6. The van der Waals surface area contributed by atoms with Crippen LogP contribution in [-0.4, -0.2) is 235 Å². The maximum Gasteiger partial charge on any atom is 0.410 e. The second kappa shape index (κ2) is 34.9. The number of para-hydroxylation sites is 1. The molecule has 0 spiro atoms. The molecule has 4 aliphatic carbocycles. The first-order valence-electron chi connectivity index (χ1n) is 39.3. The number of hydrogen-bond donors (Lipinski definition) is 11. The average molecular weight is 1720 g/mol. The van der Waals surface area contributed by atoms with Gasteiger partial charge in [0.25, 0.3) is 38.0 Å². The number of aryl methyl sites for hydroxylation is 2. The van der Waals surface area contributed by atoms with Crippen molar-refractivity contribution in [3.05, 3.63) is 142 Å². The van der Waals surface area contributed by atoms with E-state index in [1.165, 1.54) is 47.3 Å². The molecule has 120 heavy (non-hydrogen) atoms. The van der Waals surface area contributed by atoms with E-state index < -0.39 is 159 Å². The molecule has 5 fully saturated rings. The number of amides is 7. The molecule has 40 heteroatoms. The van der Waals surface area contributed by atoms with Crippen molar-refractivity contribution in [3.63, 3.8) is 0 Å². The number of aliphatic carboxylic acids is 1. The number of pyridine rings is 1. The summed E-state index contributed by atoms with van der Waals surface area (Å²) in [4.78, 5) is 135. The summed E-state index contributed by atoms with van der Waals surface area (Å²) in [5.74, 6) is -8.87. The minimum Gasteiger partial charge on any atom is -0.479 e. The number of imide groups is 1. The van der Waals surface area contributed by atoms with Gasteiger partial charge in [0.2, 0.25) is 17.7 Å². The van der Waals surface area contributed by atoms with Crippen LogP contribution in [0, 0.1) is 29.1 Å². The Bertz CT molecular complexity index is 5370. The van der Waals surface area contributed by atoms with Crippen molar-refractivity contribution in [3.8, 4) is 11.1 Å². The summed E-state index contributed by atoms with van der Waals surface area (Å²) in [5.41, 5.74) is 3.65. The van der Waals surface area contributed by atoms with Gasteiger partial charge in [-0.05, 0) is 165 Å². The Morgan fingerprint density at radius 1 is 0.783 bits per heavy atom. The molecule has 2 unspecified atom stereocenters. The fourth-order valence-electron chi connectivity index (χ4n) is 18.9. The van der Waals surface area contributed by atoms with Crippen LogP contribution in [0.5, 0.6) is 0 Å². The van der Waals surface area contributed by atoms with Crippen LogP contribution in [-0.2, 0) is 102 Å². The highest BCUT2D eigenvalue weighted by Crippen LogP contribution is 2.72. The maximum absolute atomic E-state index is 14.4. The van der Waals surface area contributed by atoms with E-state index in [1.807, 2.05) is 52.9 Å². The number of aromatic carboxylic acids is 1. The lowest BCUT2D eigenvalue weighted by atomic mass is 9.39. The van der Waals surface area contributed by atoms with Crippen LogP contribution in [0.1, 0.15) is 153 Å². The summed E-state index contributed by atoms with van der Waals surface area (Å²) in [6, 6.07) is 17.1. The van der Waals surface area contributed by atoms with Crippen molar-refractivity contribution in [2.75, 3.05) is 53.3 Å². The number of carbonyl (C=O) groups is 9. The number of aliphatic hydroxyl groups excluding tert-OH is 3. The van der Waals surface area contributed by atoms with Crippen LogP contribution < -0.4 is 26.2 Å². The molecule has 37 nitrogen and oxygen atoms in total. The number of carboxylic acids is 2. The fourth-order valence-corrected chi connectivity index (χ4v) is 20.7. The average Bonchev–Trinajstić information content (AvgIpc) is 1.13. The van der Waals surface area contributed by atoms with Crippen molar-refractivity contribution in [2.24, 2.45) is 22.2 Å². The smallest absolute Gasteiger partial charge is 0.410 e. The van der Waals surface area contributed by atoms with Gasteiger partial charge in [-0.1, -0.05) is 74.6 Å². The number of carboxylic acid groups (broad SMARTS) is 2. The zero-order valence-corrected chi connectivity index (χ0v) is 69.1. The first kappa shape index (κ1) is 87.3. The van der Waals surface area contributed by atoms with Gasteiger partial charge >= 0.3 is 18.0 Å². The van der Waals surface area contributed by atoms with Gasteiger partial charge in [-0.2, -0.15) is 21.9 Å². The quantitative estimate of drug-likeness (QED) is 0.0177. The van der Waals surface area contributed by atoms with Crippen LogP contribution in [0.25, 0.3) is 21.3 Å². The number of nitrogens with zero attached hydrogens (tertiary/aromatic N) is 10. The number of hydrogen-bond acceptors (Lipinski definition) is 26. The molecule has 7 heterocycles. The van der Waals surface area contributed by atoms with Crippen LogP contribution >= 0.6 is 11.3 Å². The Hall–Kier alpha value is -10.6. The highest BCUT2D eigenvalue weighted by Gasteiger charge is 2.66.